The summed E-state index contributed by atoms with van der Waals surface area (Å²) in [5.74, 6) is 0. The van der Waals surface area contributed by atoms with Gasteiger partial charge in [-0.2, -0.15) is 0 Å². The summed E-state index contributed by atoms with van der Waals surface area (Å²) < 4.78 is 0.953. The Morgan fingerprint density at radius 1 is 0.514 bits per heavy atom. The summed E-state index contributed by atoms with van der Waals surface area (Å²) in [7, 11) is -10.2. The van der Waals surface area contributed by atoms with Crippen molar-refractivity contribution in [3.63, 3.8) is 0 Å². The van der Waals surface area contributed by atoms with Crippen LogP contribution >= 0.6 is 0 Å². The summed E-state index contributed by atoms with van der Waals surface area (Å²) in [6.45, 7) is 53.8. The zero-order valence-electron chi connectivity index (χ0n) is 28.5. The first-order valence-electron chi connectivity index (χ1n) is 14.9. The monoisotopic (exact) mass is 602 g/mol. The second-order valence-electron chi connectivity index (χ2n) is 18.8. The number of allylic oxidation sites excluding steroid dienone is 1. The molecule has 0 aliphatic heterocycles. The van der Waals surface area contributed by atoms with Crippen molar-refractivity contribution < 1.29 is 0 Å². The van der Waals surface area contributed by atoms with Crippen LogP contribution in [0.3, 0.4) is 0 Å². The number of rotatable bonds is 9. The molecule has 7 heteroatoms. The third kappa shape index (κ3) is 4.71. The van der Waals surface area contributed by atoms with E-state index in [1.165, 1.54) is 5.56 Å². The smallest absolute Gasteiger partial charge is 0.0810 e. The van der Waals surface area contributed by atoms with E-state index in [0.29, 0.717) is 15.1 Å². The molecule has 0 bridgehead atoms. The molecule has 1 aliphatic carbocycles. The van der Waals surface area contributed by atoms with Crippen molar-refractivity contribution in [3.8, 4) is 0 Å². The quantitative estimate of drug-likeness (QED) is 0.247. The molecule has 0 nitrogen and oxygen atoms in total. The molecule has 0 spiro atoms. The SMILES string of the molecule is CC1(B(C([Si](C)(C)C)([Si](C)(C)C)[Si](C)(C)C)C([Si](C)(C)C)([Si](C)(C)C)[Si](C)(C)C)C=Cc2ccccc21. The largest absolute Gasteiger partial charge is 0.153 e. The number of fused-ring (bicyclic) bond motifs is 1. The standard InChI is InChI=1S/C30H63BSi6/c1-28(25-24-26-22-20-21-23-27(26)28)31(29(32(2,3)4,33(5,6)7)34(8,9)10)30(35(11,12)13,36(14,15)16)37(17,18)19/h20-25H,1-19H3. The first-order chi connectivity index (χ1) is 16.1. The molecule has 210 valence electrons. The van der Waals surface area contributed by atoms with Crippen LogP contribution in [0.25, 0.3) is 6.08 Å². The Hall–Kier alpha value is 0.326. The van der Waals surface area contributed by atoms with E-state index >= 15 is 0 Å². The molecule has 0 heterocycles. The minimum Gasteiger partial charge on any atom is -0.0810 e. The van der Waals surface area contributed by atoms with Crippen LogP contribution in [0, 0.1) is 0 Å². The molecule has 1 unspecified atom stereocenters. The van der Waals surface area contributed by atoms with E-state index in [4.69, 9.17) is 0 Å². The van der Waals surface area contributed by atoms with E-state index in [2.05, 4.69) is 161 Å². The number of hydrogen-bond donors (Lipinski definition) is 0. The zero-order chi connectivity index (χ0) is 29.5. The third-order valence-corrected chi connectivity index (χ3v) is 53.6. The van der Waals surface area contributed by atoms with Crippen molar-refractivity contribution in [2.75, 3.05) is 0 Å². The maximum absolute atomic E-state index is 2.80. The van der Waals surface area contributed by atoms with Gasteiger partial charge >= 0.3 is 0 Å². The maximum atomic E-state index is 2.80. The topological polar surface area (TPSA) is 0 Å². The highest BCUT2D eigenvalue weighted by Crippen LogP contribution is 2.71. The average Bonchev–Trinajstić information content (AvgIpc) is 2.92. The van der Waals surface area contributed by atoms with Gasteiger partial charge in [-0.1, -0.05) is 170 Å². The molecule has 2 rings (SSSR count). The van der Waals surface area contributed by atoms with Crippen molar-refractivity contribution in [1.82, 2.24) is 0 Å². The van der Waals surface area contributed by atoms with Gasteiger partial charge in [-0.05, 0) is 16.4 Å². The summed E-state index contributed by atoms with van der Waals surface area (Å²) in [5, 5.41) is 0.0816. The van der Waals surface area contributed by atoms with Crippen LogP contribution in [0.1, 0.15) is 18.1 Å². The minimum atomic E-state index is -1.70. The summed E-state index contributed by atoms with van der Waals surface area (Å²) in [6.07, 6.45) is 5.27. The second kappa shape index (κ2) is 9.43. The van der Waals surface area contributed by atoms with E-state index in [1.807, 2.05) is 0 Å². The molecule has 1 atom stereocenters. The van der Waals surface area contributed by atoms with Gasteiger partial charge in [0.15, 0.2) is 6.71 Å². The molecule has 0 saturated heterocycles. The van der Waals surface area contributed by atoms with E-state index in [0.717, 1.165) is 0 Å². The zero-order valence-corrected chi connectivity index (χ0v) is 34.5. The first-order valence-corrected chi connectivity index (χ1v) is 35.9. The summed E-state index contributed by atoms with van der Waals surface area (Å²) in [5.41, 5.74) is 3.12. The Balaban J connectivity index is 3.49. The first kappa shape index (κ1) is 33.5. The fraction of sp³-hybridized carbons (Fsp3) is 0.733. The van der Waals surface area contributed by atoms with Crippen molar-refractivity contribution in [1.29, 1.82) is 0 Å². The molecule has 1 aromatic carbocycles. The van der Waals surface area contributed by atoms with Crippen LogP contribution in [0.5, 0.6) is 0 Å². The maximum Gasteiger partial charge on any atom is 0.153 e. The molecule has 0 saturated carbocycles. The van der Waals surface area contributed by atoms with E-state index < -0.39 is 48.4 Å². The van der Waals surface area contributed by atoms with Crippen molar-refractivity contribution in [3.05, 3.63) is 41.5 Å². The highest BCUT2D eigenvalue weighted by molar-refractivity contribution is 7.36. The van der Waals surface area contributed by atoms with E-state index in [9.17, 15) is 0 Å². The second-order valence-corrected chi connectivity index (χ2v) is 53.5. The Labute approximate surface area is 240 Å². The van der Waals surface area contributed by atoms with Gasteiger partial charge in [0.25, 0.3) is 0 Å². The van der Waals surface area contributed by atoms with Gasteiger partial charge in [-0.25, -0.2) is 0 Å². The highest BCUT2D eigenvalue weighted by Gasteiger charge is 2.78. The Bertz CT molecular complexity index is 897. The Kier molecular flexibility index (Phi) is 8.55. The average molecular weight is 603 g/mol. The van der Waals surface area contributed by atoms with Gasteiger partial charge in [-0.3, -0.25) is 0 Å². The molecule has 0 radical (unpaired) electrons. The lowest BCUT2D eigenvalue weighted by atomic mass is 9.33. The number of hydrogen-bond acceptors (Lipinski definition) is 0. The molecular formula is C30H63BSi6. The molecule has 37 heavy (non-hydrogen) atoms. The summed E-state index contributed by atoms with van der Waals surface area (Å²) in [4.78, 5) is 0. The summed E-state index contributed by atoms with van der Waals surface area (Å²) in [6, 6.07) is 9.51. The highest BCUT2D eigenvalue weighted by atomic mass is 28.5. The van der Waals surface area contributed by atoms with Gasteiger partial charge in [0.05, 0.1) is 0 Å². The van der Waals surface area contributed by atoms with E-state index in [-0.39, 0.29) is 5.31 Å². The molecule has 0 aromatic heterocycles. The molecule has 1 aromatic rings. The molecule has 0 N–H and O–H groups in total. The molecular weight excluding hydrogens is 540 g/mol. The van der Waals surface area contributed by atoms with Crippen molar-refractivity contribution in [2.45, 2.75) is 138 Å². The van der Waals surface area contributed by atoms with Crippen LogP contribution in [0.4, 0.5) is 0 Å². The van der Waals surface area contributed by atoms with Crippen LogP contribution in [0.2, 0.25) is 126 Å². The molecule has 0 fully saturated rings. The van der Waals surface area contributed by atoms with Gasteiger partial charge in [0.2, 0.25) is 0 Å². The Morgan fingerprint density at radius 2 is 0.811 bits per heavy atom. The lowest BCUT2D eigenvalue weighted by molar-refractivity contribution is 0.805. The van der Waals surface area contributed by atoms with Crippen LogP contribution < -0.4 is 0 Å². The van der Waals surface area contributed by atoms with Gasteiger partial charge in [-0.15, -0.1) is 0 Å². The van der Waals surface area contributed by atoms with Gasteiger partial charge in [0, 0.05) is 48.4 Å². The minimum absolute atomic E-state index is 0.0816. The fourth-order valence-corrected chi connectivity index (χ4v) is 75.9. The Morgan fingerprint density at radius 3 is 1.11 bits per heavy atom. The van der Waals surface area contributed by atoms with Gasteiger partial charge < -0.3 is 0 Å². The van der Waals surface area contributed by atoms with E-state index in [1.54, 1.807) is 5.56 Å². The van der Waals surface area contributed by atoms with Gasteiger partial charge in [0.1, 0.15) is 0 Å². The fourth-order valence-electron chi connectivity index (χ4n) is 12.3. The molecule has 1 aliphatic rings. The number of benzene rings is 1. The van der Waals surface area contributed by atoms with Crippen molar-refractivity contribution >= 4 is 61.2 Å². The molecule has 0 amide bonds. The van der Waals surface area contributed by atoms with Crippen molar-refractivity contribution in [2.24, 2.45) is 0 Å². The van der Waals surface area contributed by atoms with Crippen LogP contribution in [-0.4, -0.2) is 55.2 Å². The van der Waals surface area contributed by atoms with Crippen LogP contribution in [-0.2, 0) is 5.31 Å². The lowest BCUT2D eigenvalue weighted by Gasteiger charge is -2.75. The normalized spacial score (nSPS) is 20.3. The predicted octanol–water partition coefficient (Wildman–Crippen LogP) is 10.8. The summed E-state index contributed by atoms with van der Waals surface area (Å²) >= 11 is 0. The van der Waals surface area contributed by atoms with Crippen LogP contribution in [0.15, 0.2) is 30.3 Å². The predicted molar refractivity (Wildman–Crippen MR) is 194 cm³/mol. The third-order valence-electron chi connectivity index (χ3n) is 10.7. The lowest BCUT2D eigenvalue weighted by Crippen LogP contribution is -2.85.